The predicted octanol–water partition coefficient (Wildman–Crippen LogP) is 3.83. The van der Waals surface area contributed by atoms with E-state index in [0.717, 1.165) is 12.8 Å². The Labute approximate surface area is 102 Å². The molecule has 0 saturated carbocycles. The number of fused-ring (bicyclic) bond motifs is 1. The van der Waals surface area contributed by atoms with Crippen LogP contribution < -0.4 is 0 Å². The van der Waals surface area contributed by atoms with Gasteiger partial charge in [-0.15, -0.1) is 0 Å². The van der Waals surface area contributed by atoms with Gasteiger partial charge in [-0.25, -0.2) is 0 Å². The molecule has 1 heteroatoms. The second-order valence-electron chi connectivity index (χ2n) is 4.93. The third-order valence-electron chi connectivity index (χ3n) is 3.54. The average Bonchev–Trinajstić information content (AvgIpc) is 2.72. The molecular weight excluding hydrogens is 206 g/mol. The minimum atomic E-state index is 1.08. The number of allylic oxidation sites excluding steroid dienone is 2. The summed E-state index contributed by atoms with van der Waals surface area (Å²) >= 11 is 0. The zero-order valence-corrected chi connectivity index (χ0v) is 10.4. The molecule has 0 unspecified atom stereocenters. The second kappa shape index (κ2) is 3.92. The molecule has 2 aromatic rings. The van der Waals surface area contributed by atoms with Crippen LogP contribution in [0.15, 0.2) is 48.3 Å². The van der Waals surface area contributed by atoms with Crippen molar-refractivity contribution in [1.82, 2.24) is 4.57 Å². The summed E-state index contributed by atoms with van der Waals surface area (Å²) in [6, 6.07) is 8.54. The number of benzene rings is 1. The molecule has 0 fully saturated rings. The van der Waals surface area contributed by atoms with E-state index in [2.05, 4.69) is 61.1 Å². The molecule has 0 atom stereocenters. The number of aromatic nitrogens is 1. The summed E-state index contributed by atoms with van der Waals surface area (Å²) in [6.45, 7) is 4.38. The molecule has 1 aliphatic rings. The van der Waals surface area contributed by atoms with Crippen molar-refractivity contribution in [3.05, 3.63) is 65.0 Å². The van der Waals surface area contributed by atoms with Crippen molar-refractivity contribution in [2.45, 2.75) is 26.7 Å². The van der Waals surface area contributed by atoms with Crippen LogP contribution in [0.5, 0.6) is 0 Å². The lowest BCUT2D eigenvalue weighted by Crippen LogP contribution is -1.96. The highest BCUT2D eigenvalue weighted by molar-refractivity contribution is 5.45. The summed E-state index contributed by atoms with van der Waals surface area (Å²) in [5.74, 6) is 0. The van der Waals surface area contributed by atoms with Crippen LogP contribution in [-0.4, -0.2) is 4.57 Å². The molecule has 0 radical (unpaired) electrons. The molecule has 0 bridgehead atoms. The zero-order chi connectivity index (χ0) is 11.8. The lowest BCUT2D eigenvalue weighted by molar-refractivity contribution is 1.03. The van der Waals surface area contributed by atoms with Crippen LogP contribution in [0.4, 0.5) is 0 Å². The van der Waals surface area contributed by atoms with Crippen LogP contribution in [0.1, 0.15) is 23.6 Å². The van der Waals surface area contributed by atoms with E-state index in [1.807, 2.05) is 0 Å². The number of para-hydroxylation sites is 1. The minimum absolute atomic E-state index is 1.08. The normalized spacial score (nSPS) is 14.4. The molecule has 3 rings (SSSR count). The maximum Gasteiger partial charge on any atom is 0.0478 e. The van der Waals surface area contributed by atoms with Gasteiger partial charge in [0.25, 0.3) is 0 Å². The van der Waals surface area contributed by atoms with Gasteiger partial charge in [-0.05, 0) is 49.4 Å². The molecule has 1 aliphatic carbocycles. The molecule has 1 aromatic heterocycles. The van der Waals surface area contributed by atoms with E-state index < -0.39 is 0 Å². The Morgan fingerprint density at radius 3 is 2.59 bits per heavy atom. The third-order valence-corrected chi connectivity index (χ3v) is 3.54. The van der Waals surface area contributed by atoms with Crippen molar-refractivity contribution < 1.29 is 0 Å². The smallest absolute Gasteiger partial charge is 0.0478 e. The Bertz CT molecular complexity index is 587. The summed E-state index contributed by atoms with van der Waals surface area (Å²) in [7, 11) is 0. The molecule has 0 N–H and O–H groups in total. The largest absolute Gasteiger partial charge is 0.323 e. The van der Waals surface area contributed by atoms with Gasteiger partial charge in [0, 0.05) is 18.1 Å². The highest BCUT2D eigenvalue weighted by Crippen LogP contribution is 2.24. The van der Waals surface area contributed by atoms with E-state index in [-0.39, 0.29) is 0 Å². The van der Waals surface area contributed by atoms with Crippen molar-refractivity contribution >= 4 is 0 Å². The number of nitrogens with zero attached hydrogens (tertiary/aromatic N) is 1. The van der Waals surface area contributed by atoms with Gasteiger partial charge >= 0.3 is 0 Å². The Balaban J connectivity index is 2.05. The molecule has 0 saturated heterocycles. The number of aryl methyl sites for hydroxylation is 1. The van der Waals surface area contributed by atoms with Crippen LogP contribution >= 0.6 is 0 Å². The average molecular weight is 223 g/mol. The molecule has 17 heavy (non-hydrogen) atoms. The van der Waals surface area contributed by atoms with Gasteiger partial charge in [0.05, 0.1) is 0 Å². The molecule has 1 heterocycles. The quantitative estimate of drug-likeness (QED) is 0.647. The predicted molar refractivity (Wildman–Crippen MR) is 71.7 cm³/mol. The zero-order valence-electron chi connectivity index (χ0n) is 10.4. The Hall–Kier alpha value is -1.76. The summed E-state index contributed by atoms with van der Waals surface area (Å²) in [6.07, 6.45) is 9.09. The Morgan fingerprint density at radius 1 is 1.00 bits per heavy atom. The first-order valence-electron chi connectivity index (χ1n) is 6.15. The third kappa shape index (κ3) is 1.82. The van der Waals surface area contributed by atoms with Crippen LogP contribution in [0.25, 0.3) is 5.69 Å². The standard InChI is InChI=1S/C16H17N/c1-12-7-8-14-10-17(11-15(14)9-12)16-6-4-3-5-13(16)2/h3-7,10-11H,8-9H2,1-2H3. The van der Waals surface area contributed by atoms with E-state index in [1.54, 1.807) is 0 Å². The number of hydrogen-bond donors (Lipinski definition) is 0. The molecule has 0 amide bonds. The van der Waals surface area contributed by atoms with Gasteiger partial charge in [-0.2, -0.15) is 0 Å². The SMILES string of the molecule is CC1=CCc2cn(-c3ccccc3C)cc2C1. The van der Waals surface area contributed by atoms with Crippen molar-refractivity contribution in [2.75, 3.05) is 0 Å². The monoisotopic (exact) mass is 223 g/mol. The lowest BCUT2D eigenvalue weighted by Gasteiger charge is -2.08. The van der Waals surface area contributed by atoms with Gasteiger partial charge < -0.3 is 4.57 Å². The van der Waals surface area contributed by atoms with E-state index in [4.69, 9.17) is 0 Å². The van der Waals surface area contributed by atoms with E-state index in [1.165, 1.54) is 28.0 Å². The van der Waals surface area contributed by atoms with Crippen molar-refractivity contribution in [3.8, 4) is 5.69 Å². The van der Waals surface area contributed by atoms with Crippen LogP contribution in [0, 0.1) is 6.92 Å². The van der Waals surface area contributed by atoms with Gasteiger partial charge in [-0.1, -0.05) is 29.8 Å². The fourth-order valence-corrected chi connectivity index (χ4v) is 2.53. The van der Waals surface area contributed by atoms with Crippen LogP contribution in [0.2, 0.25) is 0 Å². The van der Waals surface area contributed by atoms with E-state index >= 15 is 0 Å². The van der Waals surface area contributed by atoms with Crippen molar-refractivity contribution in [3.63, 3.8) is 0 Å². The first kappa shape index (κ1) is 10.4. The fraction of sp³-hybridized carbons (Fsp3) is 0.250. The number of hydrogen-bond acceptors (Lipinski definition) is 0. The molecular formula is C16H17N. The summed E-state index contributed by atoms with van der Waals surface area (Å²) < 4.78 is 2.27. The summed E-state index contributed by atoms with van der Waals surface area (Å²) in [4.78, 5) is 0. The van der Waals surface area contributed by atoms with Crippen LogP contribution in [0.3, 0.4) is 0 Å². The van der Waals surface area contributed by atoms with Gasteiger partial charge in [-0.3, -0.25) is 0 Å². The molecule has 0 aliphatic heterocycles. The second-order valence-corrected chi connectivity index (χ2v) is 4.93. The minimum Gasteiger partial charge on any atom is -0.323 e. The van der Waals surface area contributed by atoms with Gasteiger partial charge in [0.15, 0.2) is 0 Å². The van der Waals surface area contributed by atoms with E-state index in [9.17, 15) is 0 Å². The molecule has 0 spiro atoms. The lowest BCUT2D eigenvalue weighted by atomic mass is 9.97. The first-order chi connectivity index (χ1) is 8.24. The Kier molecular flexibility index (Phi) is 2.40. The highest BCUT2D eigenvalue weighted by atomic mass is 15.0. The molecule has 1 aromatic carbocycles. The summed E-state index contributed by atoms with van der Waals surface area (Å²) in [5, 5.41) is 0. The Morgan fingerprint density at radius 2 is 1.76 bits per heavy atom. The number of rotatable bonds is 1. The van der Waals surface area contributed by atoms with Gasteiger partial charge in [0.1, 0.15) is 0 Å². The van der Waals surface area contributed by atoms with Gasteiger partial charge in [0.2, 0.25) is 0 Å². The topological polar surface area (TPSA) is 4.93 Å². The molecule has 1 nitrogen and oxygen atoms in total. The molecule has 86 valence electrons. The van der Waals surface area contributed by atoms with E-state index in [0.29, 0.717) is 0 Å². The first-order valence-corrected chi connectivity index (χ1v) is 6.15. The van der Waals surface area contributed by atoms with Crippen LogP contribution in [-0.2, 0) is 12.8 Å². The van der Waals surface area contributed by atoms with Crippen molar-refractivity contribution in [2.24, 2.45) is 0 Å². The summed E-state index contributed by atoms with van der Waals surface area (Å²) in [5.41, 5.74) is 7.05. The van der Waals surface area contributed by atoms with Crippen molar-refractivity contribution in [1.29, 1.82) is 0 Å². The fourth-order valence-electron chi connectivity index (χ4n) is 2.53. The maximum atomic E-state index is 2.34. The highest BCUT2D eigenvalue weighted by Gasteiger charge is 2.12. The maximum absolute atomic E-state index is 2.34.